The van der Waals surface area contributed by atoms with E-state index >= 15 is 0 Å². The van der Waals surface area contributed by atoms with Gasteiger partial charge in [-0.2, -0.15) is 0 Å². The van der Waals surface area contributed by atoms with E-state index in [1.54, 1.807) is 42.1 Å². The molecule has 0 saturated heterocycles. The Labute approximate surface area is 168 Å². The van der Waals surface area contributed by atoms with Gasteiger partial charge in [0.15, 0.2) is 0 Å². The number of likely N-dealkylation sites (N-methyl/N-ethyl adjacent to an activating group) is 1. The van der Waals surface area contributed by atoms with Crippen molar-refractivity contribution in [2.75, 3.05) is 23.8 Å². The van der Waals surface area contributed by atoms with Crippen LogP contribution in [0.2, 0.25) is 0 Å². The first kappa shape index (κ1) is 20.5. The first-order valence-electron chi connectivity index (χ1n) is 9.34. The summed E-state index contributed by atoms with van der Waals surface area (Å²) in [5.74, 6) is -0.304. The van der Waals surface area contributed by atoms with E-state index in [9.17, 15) is 19.2 Å². The van der Waals surface area contributed by atoms with E-state index in [1.807, 2.05) is 13.0 Å². The molecule has 29 heavy (non-hydrogen) atoms. The maximum Gasteiger partial charge on any atom is 0.330 e. The lowest BCUT2D eigenvalue weighted by molar-refractivity contribution is -0.120. The molecule has 2 amide bonds. The van der Waals surface area contributed by atoms with Gasteiger partial charge < -0.3 is 10.2 Å². The largest absolute Gasteiger partial charge is 0.330 e. The second-order valence-corrected chi connectivity index (χ2v) is 7.43. The number of nitrogens with one attached hydrogen (secondary N) is 1. The van der Waals surface area contributed by atoms with Crippen molar-refractivity contribution in [1.29, 1.82) is 0 Å². The Morgan fingerprint density at radius 1 is 1.17 bits per heavy atom. The molecule has 154 valence electrons. The highest BCUT2D eigenvalue weighted by Crippen LogP contribution is 2.31. The number of anilines is 2. The van der Waals surface area contributed by atoms with E-state index in [0.717, 1.165) is 4.57 Å². The van der Waals surface area contributed by atoms with Crippen molar-refractivity contribution in [3.05, 3.63) is 56.9 Å². The molecule has 1 N–H and O–H groups in total. The van der Waals surface area contributed by atoms with Gasteiger partial charge in [0, 0.05) is 44.9 Å². The van der Waals surface area contributed by atoms with Gasteiger partial charge in [0.1, 0.15) is 0 Å². The van der Waals surface area contributed by atoms with Crippen LogP contribution in [0.3, 0.4) is 0 Å². The molecule has 1 aliphatic rings. The number of aromatic nitrogens is 2. The van der Waals surface area contributed by atoms with Gasteiger partial charge in [0.2, 0.25) is 11.8 Å². The van der Waals surface area contributed by atoms with Crippen LogP contribution in [0, 0.1) is 0 Å². The Morgan fingerprint density at radius 3 is 2.59 bits per heavy atom. The maximum absolute atomic E-state index is 13.1. The van der Waals surface area contributed by atoms with Gasteiger partial charge in [-0.3, -0.25) is 28.4 Å². The van der Waals surface area contributed by atoms with E-state index < -0.39 is 5.69 Å². The van der Waals surface area contributed by atoms with E-state index in [4.69, 9.17) is 0 Å². The zero-order valence-corrected chi connectivity index (χ0v) is 17.0. The third-order valence-electron chi connectivity index (χ3n) is 5.09. The zero-order valence-electron chi connectivity index (χ0n) is 17.0. The zero-order chi connectivity index (χ0) is 21.3. The molecule has 1 aliphatic heterocycles. The number of nitrogens with zero attached hydrogens (tertiary/aromatic N) is 4. The van der Waals surface area contributed by atoms with Crippen LogP contribution in [0.1, 0.15) is 19.0 Å². The lowest BCUT2D eigenvalue weighted by Crippen LogP contribution is -2.45. The molecule has 3 rings (SSSR count). The van der Waals surface area contributed by atoms with Crippen molar-refractivity contribution < 1.29 is 9.59 Å². The van der Waals surface area contributed by atoms with Crippen LogP contribution in [0.25, 0.3) is 0 Å². The molecule has 0 fully saturated rings. The predicted molar refractivity (Wildman–Crippen MR) is 110 cm³/mol. The highest BCUT2D eigenvalue weighted by atomic mass is 16.2. The minimum Gasteiger partial charge on any atom is -0.324 e. The molecule has 2 aromatic rings. The summed E-state index contributed by atoms with van der Waals surface area (Å²) in [7, 11) is 4.77. The molecule has 0 bridgehead atoms. The molecule has 0 radical (unpaired) electrons. The summed E-state index contributed by atoms with van der Waals surface area (Å²) >= 11 is 0. The number of amides is 2. The Balaban J connectivity index is 1.82. The minimum atomic E-state index is -0.410. The smallest absolute Gasteiger partial charge is 0.324 e. The third-order valence-corrected chi connectivity index (χ3v) is 5.09. The van der Waals surface area contributed by atoms with E-state index in [2.05, 4.69) is 5.32 Å². The van der Waals surface area contributed by atoms with Crippen molar-refractivity contribution >= 4 is 23.2 Å². The van der Waals surface area contributed by atoms with Crippen molar-refractivity contribution in [1.82, 2.24) is 14.0 Å². The van der Waals surface area contributed by atoms with Crippen LogP contribution in [0.5, 0.6) is 0 Å². The van der Waals surface area contributed by atoms with Crippen LogP contribution >= 0.6 is 0 Å². The van der Waals surface area contributed by atoms with Crippen molar-refractivity contribution in [2.24, 2.45) is 14.1 Å². The number of fused-ring (bicyclic) bond motifs is 1. The highest BCUT2D eigenvalue weighted by Gasteiger charge is 2.30. The summed E-state index contributed by atoms with van der Waals surface area (Å²) in [4.78, 5) is 52.6. The molecule has 9 heteroatoms. The lowest BCUT2D eigenvalue weighted by atomic mass is 10.1. The fraction of sp³-hybridized carbons (Fsp3) is 0.400. The van der Waals surface area contributed by atoms with Gasteiger partial charge in [0.25, 0.3) is 5.56 Å². The second-order valence-electron chi connectivity index (χ2n) is 7.43. The fourth-order valence-corrected chi connectivity index (χ4v) is 3.54. The Bertz CT molecular complexity index is 1070. The Morgan fingerprint density at radius 2 is 1.86 bits per heavy atom. The molecule has 0 spiro atoms. The van der Waals surface area contributed by atoms with Crippen LogP contribution in [-0.4, -0.2) is 45.5 Å². The molecule has 1 aromatic heterocycles. The number of hydrogen-bond acceptors (Lipinski definition) is 5. The molecule has 2 heterocycles. The Kier molecular flexibility index (Phi) is 5.69. The van der Waals surface area contributed by atoms with E-state index in [0.29, 0.717) is 17.1 Å². The van der Waals surface area contributed by atoms with Crippen molar-refractivity contribution in [2.45, 2.75) is 25.9 Å². The SMILES string of the molecule is C[C@@H]1CC(=O)Nc2ccccc2N1C(=O)CN(C)Cc1cc(=O)n(C)c(=O)n1C. The lowest BCUT2D eigenvalue weighted by Gasteiger charge is -2.30. The van der Waals surface area contributed by atoms with E-state index in [1.165, 1.54) is 17.7 Å². The predicted octanol–water partition coefficient (Wildman–Crippen LogP) is 0.280. The molecule has 9 nitrogen and oxygen atoms in total. The number of rotatable bonds is 4. The second kappa shape index (κ2) is 8.04. The average Bonchev–Trinajstić information content (AvgIpc) is 2.78. The van der Waals surface area contributed by atoms with Gasteiger partial charge in [-0.05, 0) is 26.1 Å². The summed E-state index contributed by atoms with van der Waals surface area (Å²) in [6.45, 7) is 2.16. The molecule has 0 aliphatic carbocycles. The fourth-order valence-electron chi connectivity index (χ4n) is 3.54. The minimum absolute atomic E-state index is 0.0657. The first-order chi connectivity index (χ1) is 13.7. The summed E-state index contributed by atoms with van der Waals surface area (Å²) in [5.41, 5.74) is 0.987. The third kappa shape index (κ3) is 4.14. The first-order valence-corrected chi connectivity index (χ1v) is 9.34. The molecule has 1 atom stereocenters. The number of hydrogen-bond donors (Lipinski definition) is 1. The molecule has 0 saturated carbocycles. The molecular weight excluding hydrogens is 374 g/mol. The molecular formula is C20H25N5O4. The average molecular weight is 399 g/mol. The normalized spacial score (nSPS) is 16.4. The van der Waals surface area contributed by atoms with Crippen LogP contribution in [0.15, 0.2) is 39.9 Å². The van der Waals surface area contributed by atoms with Gasteiger partial charge in [-0.25, -0.2) is 4.79 Å². The summed E-state index contributed by atoms with van der Waals surface area (Å²) in [5, 5.41) is 2.83. The monoisotopic (exact) mass is 399 g/mol. The van der Waals surface area contributed by atoms with Crippen LogP contribution in [-0.2, 0) is 30.2 Å². The maximum atomic E-state index is 13.1. The number of carbonyl (C=O) groups excluding carboxylic acids is 2. The van der Waals surface area contributed by atoms with Crippen molar-refractivity contribution in [3.63, 3.8) is 0 Å². The Hall–Kier alpha value is -3.20. The van der Waals surface area contributed by atoms with Gasteiger partial charge >= 0.3 is 5.69 Å². The standard InChI is InChI=1S/C20H25N5O4/c1-13-9-17(26)21-15-7-5-6-8-16(15)25(13)19(28)12-22(2)11-14-10-18(27)24(4)20(29)23(14)3/h5-8,10,13H,9,11-12H2,1-4H3,(H,21,26)/t13-/m1/s1. The van der Waals surface area contributed by atoms with Crippen molar-refractivity contribution in [3.8, 4) is 0 Å². The number of carbonyl (C=O) groups is 2. The van der Waals surface area contributed by atoms with Crippen LogP contribution in [0.4, 0.5) is 11.4 Å². The molecule has 1 aromatic carbocycles. The topological polar surface area (TPSA) is 96.7 Å². The van der Waals surface area contributed by atoms with Gasteiger partial charge in [-0.1, -0.05) is 12.1 Å². The summed E-state index contributed by atoms with van der Waals surface area (Å²) < 4.78 is 2.43. The number of para-hydroxylation sites is 2. The van der Waals surface area contributed by atoms with Crippen LogP contribution < -0.4 is 21.5 Å². The summed E-state index contributed by atoms with van der Waals surface area (Å²) in [6.07, 6.45) is 0.202. The highest BCUT2D eigenvalue weighted by molar-refractivity contribution is 6.04. The van der Waals surface area contributed by atoms with Gasteiger partial charge in [-0.15, -0.1) is 0 Å². The summed E-state index contributed by atoms with van der Waals surface area (Å²) in [6, 6.07) is 8.30. The molecule has 0 unspecified atom stereocenters. The quantitative estimate of drug-likeness (QED) is 0.797. The van der Waals surface area contributed by atoms with E-state index in [-0.39, 0.29) is 42.9 Å². The number of benzene rings is 1. The van der Waals surface area contributed by atoms with Gasteiger partial charge in [0.05, 0.1) is 17.9 Å².